The van der Waals surface area contributed by atoms with Crippen LogP contribution in [-0.2, 0) is 4.79 Å². The molecule has 0 radical (unpaired) electrons. The third kappa shape index (κ3) is 3.62. The number of aryl methyl sites for hydroxylation is 1. The Labute approximate surface area is 117 Å². The SMILES string of the molecule is CC(=O)CC1CCCCCN1C(=O)c1cnc(C)s1. The van der Waals surface area contributed by atoms with Gasteiger partial charge in [-0.3, -0.25) is 9.59 Å². The molecule has 0 aliphatic carbocycles. The lowest BCUT2D eigenvalue weighted by molar-refractivity contribution is -0.118. The van der Waals surface area contributed by atoms with E-state index in [-0.39, 0.29) is 17.7 Å². The van der Waals surface area contributed by atoms with Crippen molar-refractivity contribution in [1.29, 1.82) is 0 Å². The lowest BCUT2D eigenvalue weighted by atomic mass is 10.0. The lowest BCUT2D eigenvalue weighted by Gasteiger charge is -2.29. The fourth-order valence-corrected chi connectivity index (χ4v) is 3.32. The van der Waals surface area contributed by atoms with Gasteiger partial charge in [-0.1, -0.05) is 12.8 Å². The number of Topliss-reactive ketones (excluding diaryl/α,β-unsaturated/α-hetero) is 1. The number of thiazole rings is 1. The number of amides is 1. The summed E-state index contributed by atoms with van der Waals surface area (Å²) in [6, 6.07) is 0.0647. The van der Waals surface area contributed by atoms with Gasteiger partial charge in [-0.15, -0.1) is 11.3 Å². The Balaban J connectivity index is 2.17. The smallest absolute Gasteiger partial charge is 0.265 e. The highest BCUT2D eigenvalue weighted by Gasteiger charge is 2.28. The predicted octanol–water partition coefficient (Wildman–Crippen LogP) is 2.82. The highest BCUT2D eigenvalue weighted by atomic mass is 32.1. The molecule has 0 aromatic carbocycles. The molecule has 1 aromatic heterocycles. The van der Waals surface area contributed by atoms with Crippen molar-refractivity contribution in [2.75, 3.05) is 6.54 Å². The molecule has 0 N–H and O–H groups in total. The molecule has 1 amide bonds. The van der Waals surface area contributed by atoms with Gasteiger partial charge in [0, 0.05) is 19.0 Å². The monoisotopic (exact) mass is 280 g/mol. The summed E-state index contributed by atoms with van der Waals surface area (Å²) in [5.74, 6) is 0.198. The fourth-order valence-electron chi connectivity index (χ4n) is 2.59. The summed E-state index contributed by atoms with van der Waals surface area (Å²) in [6.45, 7) is 4.26. The van der Waals surface area contributed by atoms with Crippen molar-refractivity contribution in [3.05, 3.63) is 16.1 Å². The Morgan fingerprint density at radius 2 is 2.21 bits per heavy atom. The van der Waals surface area contributed by atoms with Gasteiger partial charge < -0.3 is 4.90 Å². The van der Waals surface area contributed by atoms with Crippen LogP contribution in [0, 0.1) is 6.92 Å². The summed E-state index contributed by atoms with van der Waals surface area (Å²) in [6.07, 6.45) is 6.33. The second-order valence-electron chi connectivity index (χ2n) is 5.15. The van der Waals surface area contributed by atoms with Gasteiger partial charge in [0.25, 0.3) is 5.91 Å². The van der Waals surface area contributed by atoms with E-state index in [1.54, 1.807) is 13.1 Å². The standard InChI is InChI=1S/C14H20N2O2S/c1-10(17)8-12-6-4-3-5-7-16(12)14(18)13-9-15-11(2)19-13/h9,12H,3-8H2,1-2H3. The quantitative estimate of drug-likeness (QED) is 0.855. The van der Waals surface area contributed by atoms with Crippen LogP contribution in [0.4, 0.5) is 0 Å². The van der Waals surface area contributed by atoms with E-state index in [0.717, 1.165) is 37.2 Å². The molecule has 1 fully saturated rings. The molecule has 0 saturated carbocycles. The Morgan fingerprint density at radius 3 is 2.84 bits per heavy atom. The van der Waals surface area contributed by atoms with Crippen LogP contribution in [0.3, 0.4) is 0 Å². The minimum Gasteiger partial charge on any atom is -0.334 e. The van der Waals surface area contributed by atoms with Crippen LogP contribution < -0.4 is 0 Å². The maximum atomic E-state index is 12.5. The van der Waals surface area contributed by atoms with Crippen molar-refractivity contribution in [3.63, 3.8) is 0 Å². The van der Waals surface area contributed by atoms with E-state index < -0.39 is 0 Å². The normalized spacial score (nSPS) is 20.1. The zero-order valence-electron chi connectivity index (χ0n) is 11.5. The zero-order chi connectivity index (χ0) is 13.8. The van der Waals surface area contributed by atoms with Crippen molar-refractivity contribution < 1.29 is 9.59 Å². The van der Waals surface area contributed by atoms with Crippen molar-refractivity contribution >= 4 is 23.0 Å². The molecule has 2 rings (SSSR count). The molecule has 1 aliphatic rings. The number of aromatic nitrogens is 1. The number of nitrogens with zero attached hydrogens (tertiary/aromatic N) is 2. The second kappa shape index (κ2) is 6.28. The van der Waals surface area contributed by atoms with Gasteiger partial charge in [0.1, 0.15) is 10.7 Å². The number of hydrogen-bond donors (Lipinski definition) is 0. The molecule has 0 spiro atoms. The van der Waals surface area contributed by atoms with Gasteiger partial charge >= 0.3 is 0 Å². The van der Waals surface area contributed by atoms with Crippen LogP contribution in [-0.4, -0.2) is 34.2 Å². The van der Waals surface area contributed by atoms with Gasteiger partial charge in [-0.25, -0.2) is 4.98 Å². The van der Waals surface area contributed by atoms with Crippen molar-refractivity contribution in [1.82, 2.24) is 9.88 Å². The summed E-state index contributed by atoms with van der Waals surface area (Å²) in [7, 11) is 0. The maximum absolute atomic E-state index is 12.5. The number of likely N-dealkylation sites (tertiary alicyclic amines) is 1. The van der Waals surface area contributed by atoms with Crippen molar-refractivity contribution in [2.45, 2.75) is 52.0 Å². The molecular weight excluding hydrogens is 260 g/mol. The van der Waals surface area contributed by atoms with E-state index >= 15 is 0 Å². The first-order chi connectivity index (χ1) is 9.08. The number of hydrogen-bond acceptors (Lipinski definition) is 4. The van der Waals surface area contributed by atoms with Crippen LogP contribution in [0.1, 0.15) is 53.7 Å². The van der Waals surface area contributed by atoms with Crippen LogP contribution in [0.2, 0.25) is 0 Å². The molecule has 1 aliphatic heterocycles. The van der Waals surface area contributed by atoms with Crippen molar-refractivity contribution in [3.8, 4) is 0 Å². The molecule has 19 heavy (non-hydrogen) atoms. The molecule has 1 unspecified atom stereocenters. The van der Waals surface area contributed by atoms with E-state index in [1.807, 2.05) is 11.8 Å². The third-order valence-corrected chi connectivity index (χ3v) is 4.39. The Hall–Kier alpha value is -1.23. The Kier molecular flexibility index (Phi) is 4.69. The average molecular weight is 280 g/mol. The first-order valence-electron chi connectivity index (χ1n) is 6.81. The molecule has 4 nitrogen and oxygen atoms in total. The van der Waals surface area contributed by atoms with Gasteiger partial charge in [-0.2, -0.15) is 0 Å². The van der Waals surface area contributed by atoms with E-state index in [4.69, 9.17) is 0 Å². The number of carbonyl (C=O) groups is 2. The van der Waals surface area contributed by atoms with Crippen molar-refractivity contribution in [2.24, 2.45) is 0 Å². The topological polar surface area (TPSA) is 50.3 Å². The van der Waals surface area contributed by atoms with E-state index in [0.29, 0.717) is 11.3 Å². The molecule has 2 heterocycles. The predicted molar refractivity (Wildman–Crippen MR) is 75.4 cm³/mol. The molecular formula is C14H20N2O2S. The number of rotatable bonds is 3. The van der Waals surface area contributed by atoms with Crippen LogP contribution >= 0.6 is 11.3 Å². The molecule has 1 saturated heterocycles. The van der Waals surface area contributed by atoms with Crippen LogP contribution in [0.15, 0.2) is 6.20 Å². The molecule has 1 aromatic rings. The Bertz CT molecular complexity index is 470. The van der Waals surface area contributed by atoms with Gasteiger partial charge in [-0.05, 0) is 26.7 Å². The molecule has 1 atom stereocenters. The van der Waals surface area contributed by atoms with E-state index in [1.165, 1.54) is 11.3 Å². The van der Waals surface area contributed by atoms with E-state index in [2.05, 4.69) is 4.98 Å². The molecule has 104 valence electrons. The first-order valence-corrected chi connectivity index (χ1v) is 7.62. The summed E-state index contributed by atoms with van der Waals surface area (Å²) < 4.78 is 0. The maximum Gasteiger partial charge on any atom is 0.265 e. The second-order valence-corrected chi connectivity index (χ2v) is 6.39. The molecule has 5 heteroatoms. The number of ketones is 1. The largest absolute Gasteiger partial charge is 0.334 e. The summed E-state index contributed by atoms with van der Waals surface area (Å²) in [5, 5.41) is 0.904. The molecule has 0 bridgehead atoms. The minimum absolute atomic E-state index is 0.0405. The Morgan fingerprint density at radius 1 is 1.42 bits per heavy atom. The van der Waals surface area contributed by atoms with E-state index in [9.17, 15) is 9.59 Å². The summed E-state index contributed by atoms with van der Waals surface area (Å²) in [5.41, 5.74) is 0. The van der Waals surface area contributed by atoms with Crippen LogP contribution in [0.25, 0.3) is 0 Å². The minimum atomic E-state index is 0.0405. The summed E-state index contributed by atoms with van der Waals surface area (Å²) in [4.78, 5) is 30.7. The average Bonchev–Trinajstić information content (AvgIpc) is 2.65. The van der Waals surface area contributed by atoms with Gasteiger partial charge in [0.15, 0.2) is 0 Å². The third-order valence-electron chi connectivity index (χ3n) is 3.49. The highest BCUT2D eigenvalue weighted by Crippen LogP contribution is 2.23. The summed E-state index contributed by atoms with van der Waals surface area (Å²) >= 11 is 1.43. The first kappa shape index (κ1) is 14.2. The highest BCUT2D eigenvalue weighted by molar-refractivity contribution is 7.13. The van der Waals surface area contributed by atoms with Gasteiger partial charge in [0.2, 0.25) is 0 Å². The fraction of sp³-hybridized carbons (Fsp3) is 0.643. The van der Waals surface area contributed by atoms with Crippen LogP contribution in [0.5, 0.6) is 0 Å². The van der Waals surface area contributed by atoms with Gasteiger partial charge in [0.05, 0.1) is 11.2 Å². The number of carbonyl (C=O) groups excluding carboxylic acids is 2. The lowest BCUT2D eigenvalue weighted by Crippen LogP contribution is -2.40. The zero-order valence-corrected chi connectivity index (χ0v) is 12.3.